The molecule has 0 saturated heterocycles. The highest BCUT2D eigenvalue weighted by molar-refractivity contribution is 5.93. The second kappa shape index (κ2) is 8.11. The van der Waals surface area contributed by atoms with Gasteiger partial charge in [-0.1, -0.05) is 19.3 Å². The average Bonchev–Trinajstić information content (AvgIpc) is 3.12. The van der Waals surface area contributed by atoms with Crippen molar-refractivity contribution in [1.82, 2.24) is 4.90 Å². The van der Waals surface area contributed by atoms with Crippen LogP contribution in [0.4, 0.5) is 13.2 Å². The third kappa shape index (κ3) is 3.72. The van der Waals surface area contributed by atoms with Crippen molar-refractivity contribution in [2.24, 2.45) is 11.7 Å². The van der Waals surface area contributed by atoms with Crippen LogP contribution in [-0.4, -0.2) is 43.2 Å². The molecule has 1 fully saturated rings. The van der Waals surface area contributed by atoms with Gasteiger partial charge in [0.25, 0.3) is 5.91 Å². The first-order chi connectivity index (χ1) is 12.3. The summed E-state index contributed by atoms with van der Waals surface area (Å²) in [5.74, 6) is -3.78. The molecule has 0 radical (unpaired) electrons. The fraction of sp³-hybridized carbons (Fsp3) is 0.647. The maximum atomic E-state index is 13.3. The van der Waals surface area contributed by atoms with E-state index in [0.29, 0.717) is 17.7 Å². The quantitative estimate of drug-likeness (QED) is 0.793. The molecule has 0 aromatic carbocycles. The van der Waals surface area contributed by atoms with E-state index in [2.05, 4.69) is 0 Å². The second-order valence-electron chi connectivity index (χ2n) is 6.39. The molecule has 1 saturated carbocycles. The van der Waals surface area contributed by atoms with Gasteiger partial charge in [-0.25, -0.2) is 0 Å². The molecular weight excluding hydrogens is 353 g/mol. The molecule has 1 heterocycles. The summed E-state index contributed by atoms with van der Waals surface area (Å²) in [6, 6.07) is 2.85. The van der Waals surface area contributed by atoms with Crippen LogP contribution in [0.3, 0.4) is 0 Å². The van der Waals surface area contributed by atoms with Gasteiger partial charge in [-0.3, -0.25) is 9.59 Å². The van der Waals surface area contributed by atoms with Crippen LogP contribution < -0.4 is 5.73 Å². The highest BCUT2D eigenvalue weighted by Gasteiger charge is 2.58. The maximum absolute atomic E-state index is 13.3. The van der Waals surface area contributed by atoms with Gasteiger partial charge in [0.1, 0.15) is 5.76 Å². The lowest BCUT2D eigenvalue weighted by Gasteiger charge is -2.46. The van der Waals surface area contributed by atoms with Gasteiger partial charge in [0.05, 0.1) is 12.9 Å². The minimum absolute atomic E-state index is 0.0504. The van der Waals surface area contributed by atoms with Crippen molar-refractivity contribution in [2.45, 2.75) is 43.8 Å². The largest absolute Gasteiger partial charge is 0.471 e. The normalized spacial score (nSPS) is 18.3. The summed E-state index contributed by atoms with van der Waals surface area (Å²) in [6.45, 7) is -0.612. The van der Waals surface area contributed by atoms with Crippen molar-refractivity contribution in [3.05, 3.63) is 24.2 Å². The number of amides is 2. The number of nitrogens with zero attached hydrogens (tertiary/aromatic N) is 1. The van der Waals surface area contributed by atoms with E-state index < -0.39 is 36.0 Å². The molecule has 1 unspecified atom stereocenters. The summed E-state index contributed by atoms with van der Waals surface area (Å²) in [5, 5.41) is 0. The molecule has 1 aromatic heterocycles. The third-order valence-corrected chi connectivity index (χ3v) is 4.90. The Balaban J connectivity index is 2.64. The number of furan rings is 1. The van der Waals surface area contributed by atoms with Crippen molar-refractivity contribution >= 4 is 11.8 Å². The fourth-order valence-electron chi connectivity index (χ4n) is 3.80. The predicted molar refractivity (Wildman–Crippen MR) is 85.8 cm³/mol. The lowest BCUT2D eigenvalue weighted by Crippen LogP contribution is -2.64. The molecule has 146 valence electrons. The SMILES string of the molecule is COCCN(C(=O)C(F)(F)F)C(C(N)=O)(c1ccco1)C1CCCCC1. The molecule has 6 nitrogen and oxygen atoms in total. The van der Waals surface area contributed by atoms with Crippen LogP contribution in [-0.2, 0) is 19.9 Å². The molecule has 1 atom stereocenters. The number of hydrogen-bond donors (Lipinski definition) is 1. The van der Waals surface area contributed by atoms with Crippen LogP contribution in [0, 0.1) is 5.92 Å². The zero-order chi connectivity index (χ0) is 19.4. The van der Waals surface area contributed by atoms with Crippen LogP contribution >= 0.6 is 0 Å². The Labute approximate surface area is 149 Å². The standard InChI is InChI=1S/C17H23F3N2O4/c1-25-11-9-22(15(24)17(18,19)20)16(14(21)23,13-8-5-10-26-13)12-6-3-2-4-7-12/h5,8,10,12H,2-4,6-7,9,11H2,1H3,(H2,21,23). The summed E-state index contributed by atoms with van der Waals surface area (Å²) in [4.78, 5) is 25.4. The van der Waals surface area contributed by atoms with Crippen molar-refractivity contribution in [1.29, 1.82) is 0 Å². The second-order valence-corrected chi connectivity index (χ2v) is 6.39. The Morgan fingerprint density at radius 3 is 2.42 bits per heavy atom. The van der Waals surface area contributed by atoms with Crippen molar-refractivity contribution < 1.29 is 31.9 Å². The first-order valence-corrected chi connectivity index (χ1v) is 8.47. The molecule has 2 amide bonds. The molecule has 0 bridgehead atoms. The van der Waals surface area contributed by atoms with Crippen LogP contribution in [0.5, 0.6) is 0 Å². The highest BCUT2D eigenvalue weighted by Crippen LogP contribution is 2.45. The van der Waals surface area contributed by atoms with E-state index in [1.807, 2.05) is 0 Å². The van der Waals surface area contributed by atoms with E-state index in [1.54, 1.807) is 0 Å². The third-order valence-electron chi connectivity index (χ3n) is 4.90. The van der Waals surface area contributed by atoms with Gasteiger partial charge < -0.3 is 19.8 Å². The van der Waals surface area contributed by atoms with E-state index >= 15 is 0 Å². The average molecular weight is 376 g/mol. The van der Waals surface area contributed by atoms with E-state index in [-0.39, 0.29) is 12.4 Å². The first-order valence-electron chi connectivity index (χ1n) is 8.47. The minimum atomic E-state index is -5.16. The number of halogens is 3. The van der Waals surface area contributed by atoms with Gasteiger partial charge in [-0.2, -0.15) is 13.2 Å². The van der Waals surface area contributed by atoms with Crippen LogP contribution in [0.15, 0.2) is 22.8 Å². The number of alkyl halides is 3. The number of rotatable bonds is 7. The fourth-order valence-corrected chi connectivity index (χ4v) is 3.80. The van der Waals surface area contributed by atoms with Crippen LogP contribution in [0.25, 0.3) is 0 Å². The Morgan fingerprint density at radius 2 is 1.96 bits per heavy atom. The molecule has 1 aliphatic carbocycles. The summed E-state index contributed by atoms with van der Waals surface area (Å²) < 4.78 is 50.1. The number of hydrogen-bond acceptors (Lipinski definition) is 4. The van der Waals surface area contributed by atoms with E-state index in [4.69, 9.17) is 14.9 Å². The Morgan fingerprint density at radius 1 is 1.31 bits per heavy atom. The molecule has 2 rings (SSSR count). The van der Waals surface area contributed by atoms with Gasteiger partial charge >= 0.3 is 12.1 Å². The van der Waals surface area contributed by atoms with Crippen molar-refractivity contribution in [3.8, 4) is 0 Å². The lowest BCUT2D eigenvalue weighted by atomic mass is 9.71. The summed E-state index contributed by atoms with van der Waals surface area (Å²) in [7, 11) is 1.30. The molecule has 2 N–H and O–H groups in total. The van der Waals surface area contributed by atoms with Gasteiger partial charge in [0, 0.05) is 13.7 Å². The van der Waals surface area contributed by atoms with Crippen LogP contribution in [0.1, 0.15) is 37.9 Å². The van der Waals surface area contributed by atoms with Gasteiger partial charge in [0.15, 0.2) is 5.54 Å². The molecule has 0 spiro atoms. The number of ether oxygens (including phenoxy) is 1. The lowest BCUT2D eigenvalue weighted by molar-refractivity contribution is -0.198. The smallest absolute Gasteiger partial charge is 0.466 e. The number of carbonyl (C=O) groups excluding carboxylic acids is 2. The molecule has 1 aromatic rings. The van der Waals surface area contributed by atoms with E-state index in [1.165, 1.54) is 25.5 Å². The zero-order valence-corrected chi connectivity index (χ0v) is 14.6. The first kappa shape index (κ1) is 20.3. The highest BCUT2D eigenvalue weighted by atomic mass is 19.4. The Bertz CT molecular complexity index is 612. The Hall–Kier alpha value is -2.03. The Kier molecular flexibility index (Phi) is 6.33. The predicted octanol–water partition coefficient (Wildman–Crippen LogP) is 2.58. The summed E-state index contributed by atoms with van der Waals surface area (Å²) >= 11 is 0. The molecule has 1 aliphatic rings. The number of primary amides is 1. The van der Waals surface area contributed by atoms with Gasteiger partial charge in [-0.05, 0) is 30.9 Å². The molecule has 0 aliphatic heterocycles. The molecule has 26 heavy (non-hydrogen) atoms. The summed E-state index contributed by atoms with van der Waals surface area (Å²) in [6.07, 6.45) is -0.582. The van der Waals surface area contributed by atoms with Crippen molar-refractivity contribution in [3.63, 3.8) is 0 Å². The minimum Gasteiger partial charge on any atom is -0.466 e. The van der Waals surface area contributed by atoms with E-state index in [9.17, 15) is 22.8 Å². The number of carbonyl (C=O) groups is 2. The van der Waals surface area contributed by atoms with E-state index in [0.717, 1.165) is 19.3 Å². The molecule has 9 heteroatoms. The monoisotopic (exact) mass is 376 g/mol. The van der Waals surface area contributed by atoms with Gasteiger partial charge in [-0.15, -0.1) is 0 Å². The summed E-state index contributed by atoms with van der Waals surface area (Å²) in [5.41, 5.74) is 3.64. The van der Waals surface area contributed by atoms with Crippen LogP contribution in [0.2, 0.25) is 0 Å². The maximum Gasteiger partial charge on any atom is 0.471 e. The number of methoxy groups -OCH3 is 1. The zero-order valence-electron chi connectivity index (χ0n) is 14.6. The van der Waals surface area contributed by atoms with Crippen molar-refractivity contribution in [2.75, 3.05) is 20.3 Å². The number of nitrogens with two attached hydrogens (primary N) is 1. The van der Waals surface area contributed by atoms with Gasteiger partial charge in [0.2, 0.25) is 0 Å². The topological polar surface area (TPSA) is 85.8 Å². The molecular formula is C17H23F3N2O4.